The van der Waals surface area contributed by atoms with Gasteiger partial charge in [0.2, 0.25) is 0 Å². The van der Waals surface area contributed by atoms with Gasteiger partial charge in [0.25, 0.3) is 0 Å². The van der Waals surface area contributed by atoms with Crippen LogP contribution in [0.1, 0.15) is 25.1 Å². The van der Waals surface area contributed by atoms with Gasteiger partial charge in [0.1, 0.15) is 0 Å². The Hall–Kier alpha value is -1.33. The van der Waals surface area contributed by atoms with Crippen molar-refractivity contribution in [1.29, 1.82) is 0 Å². The van der Waals surface area contributed by atoms with Crippen LogP contribution in [-0.4, -0.2) is 19.6 Å². The Morgan fingerprint density at radius 1 is 1.32 bits per heavy atom. The summed E-state index contributed by atoms with van der Waals surface area (Å²) in [4.78, 5) is 0. The van der Waals surface area contributed by atoms with Gasteiger partial charge < -0.3 is 5.32 Å². The molecule has 2 aromatic heterocycles. The maximum absolute atomic E-state index is 4.34. The van der Waals surface area contributed by atoms with Gasteiger partial charge in [-0.2, -0.15) is 10.2 Å². The number of halogens is 1. The summed E-state index contributed by atoms with van der Waals surface area (Å²) in [6.07, 6.45) is 5.98. The van der Waals surface area contributed by atoms with E-state index in [2.05, 4.69) is 35.6 Å². The predicted molar refractivity (Wildman–Crippen MR) is 78.1 cm³/mol. The number of rotatable bonds is 6. The summed E-state index contributed by atoms with van der Waals surface area (Å²) in [5, 5.41) is 12.0. The van der Waals surface area contributed by atoms with Gasteiger partial charge in [-0.3, -0.25) is 9.36 Å². The highest BCUT2D eigenvalue weighted by molar-refractivity contribution is 5.85. The molecule has 0 spiro atoms. The van der Waals surface area contributed by atoms with E-state index < -0.39 is 0 Å². The molecule has 0 saturated heterocycles. The van der Waals surface area contributed by atoms with Crippen LogP contribution < -0.4 is 5.32 Å². The molecule has 2 aromatic rings. The van der Waals surface area contributed by atoms with Crippen LogP contribution in [0.2, 0.25) is 0 Å². The quantitative estimate of drug-likeness (QED) is 0.882. The molecule has 0 aliphatic heterocycles. The van der Waals surface area contributed by atoms with Crippen LogP contribution in [0.25, 0.3) is 0 Å². The van der Waals surface area contributed by atoms with Gasteiger partial charge in [0.15, 0.2) is 0 Å². The van der Waals surface area contributed by atoms with E-state index in [0.717, 1.165) is 25.3 Å². The summed E-state index contributed by atoms with van der Waals surface area (Å²) in [6.45, 7) is 6.98. The highest BCUT2D eigenvalue weighted by Gasteiger charge is 2.01. The van der Waals surface area contributed by atoms with Crippen LogP contribution in [0.15, 0.2) is 24.7 Å². The SMILES string of the molecule is CC(C)Cn1cc(CNCc2ccn(C)n2)cn1.Cl. The topological polar surface area (TPSA) is 47.7 Å². The van der Waals surface area contributed by atoms with Crippen LogP contribution in [0, 0.1) is 5.92 Å². The van der Waals surface area contributed by atoms with E-state index in [4.69, 9.17) is 0 Å². The lowest BCUT2D eigenvalue weighted by Gasteiger charge is -2.03. The summed E-state index contributed by atoms with van der Waals surface area (Å²) in [7, 11) is 1.93. The number of nitrogens with zero attached hydrogens (tertiary/aromatic N) is 4. The predicted octanol–water partition coefficient (Wildman–Crippen LogP) is 1.98. The number of aryl methyl sites for hydroxylation is 1. The average molecular weight is 284 g/mol. The van der Waals surface area contributed by atoms with Crippen molar-refractivity contribution < 1.29 is 0 Å². The fraction of sp³-hybridized carbons (Fsp3) is 0.538. The van der Waals surface area contributed by atoms with Crippen molar-refractivity contribution in [1.82, 2.24) is 24.9 Å². The Kier molecular flexibility index (Phi) is 6.05. The van der Waals surface area contributed by atoms with Crippen LogP contribution in [0.5, 0.6) is 0 Å². The minimum Gasteiger partial charge on any atom is -0.307 e. The van der Waals surface area contributed by atoms with Crippen molar-refractivity contribution in [2.24, 2.45) is 13.0 Å². The smallest absolute Gasteiger partial charge is 0.0762 e. The molecular formula is C13H22ClN5. The molecule has 0 aromatic carbocycles. The van der Waals surface area contributed by atoms with Crippen LogP contribution in [0.3, 0.4) is 0 Å². The molecule has 6 heteroatoms. The first-order valence-corrected chi connectivity index (χ1v) is 6.34. The van der Waals surface area contributed by atoms with E-state index in [1.807, 2.05) is 34.9 Å². The summed E-state index contributed by atoms with van der Waals surface area (Å²) in [5.41, 5.74) is 2.28. The van der Waals surface area contributed by atoms with Gasteiger partial charge in [-0.05, 0) is 12.0 Å². The second-order valence-electron chi connectivity index (χ2n) is 5.05. The van der Waals surface area contributed by atoms with Crippen molar-refractivity contribution in [3.05, 3.63) is 35.9 Å². The van der Waals surface area contributed by atoms with Gasteiger partial charge in [-0.25, -0.2) is 0 Å². The number of aromatic nitrogens is 4. The van der Waals surface area contributed by atoms with E-state index in [0.29, 0.717) is 5.92 Å². The summed E-state index contributed by atoms with van der Waals surface area (Å²) in [5.74, 6) is 0.624. The average Bonchev–Trinajstić information content (AvgIpc) is 2.88. The lowest BCUT2D eigenvalue weighted by atomic mass is 10.2. The first-order valence-electron chi connectivity index (χ1n) is 6.34. The van der Waals surface area contributed by atoms with E-state index in [1.165, 1.54) is 5.56 Å². The van der Waals surface area contributed by atoms with Crippen molar-refractivity contribution >= 4 is 12.4 Å². The maximum Gasteiger partial charge on any atom is 0.0762 e. The van der Waals surface area contributed by atoms with E-state index >= 15 is 0 Å². The van der Waals surface area contributed by atoms with Gasteiger partial charge in [0.05, 0.1) is 11.9 Å². The highest BCUT2D eigenvalue weighted by atomic mass is 35.5. The Bertz CT molecular complexity index is 489. The van der Waals surface area contributed by atoms with Crippen molar-refractivity contribution in [3.8, 4) is 0 Å². The maximum atomic E-state index is 4.34. The Labute approximate surface area is 120 Å². The molecule has 0 amide bonds. The van der Waals surface area contributed by atoms with Gasteiger partial charge in [-0.1, -0.05) is 13.8 Å². The zero-order valence-electron chi connectivity index (χ0n) is 11.7. The fourth-order valence-electron chi connectivity index (χ4n) is 1.86. The Balaban J connectivity index is 0.00000180. The Morgan fingerprint density at radius 2 is 2.11 bits per heavy atom. The molecule has 2 heterocycles. The first-order chi connectivity index (χ1) is 8.63. The zero-order chi connectivity index (χ0) is 13.0. The summed E-state index contributed by atoms with van der Waals surface area (Å²) in [6, 6.07) is 2.02. The first kappa shape index (κ1) is 15.7. The lowest BCUT2D eigenvalue weighted by molar-refractivity contribution is 0.482. The molecule has 0 fully saturated rings. The third-order valence-corrected chi connectivity index (χ3v) is 2.64. The highest BCUT2D eigenvalue weighted by Crippen LogP contribution is 2.02. The summed E-state index contributed by atoms with van der Waals surface area (Å²) < 4.78 is 3.82. The van der Waals surface area contributed by atoms with Gasteiger partial charge in [0, 0.05) is 44.6 Å². The molecule has 0 unspecified atom stereocenters. The molecule has 5 nitrogen and oxygen atoms in total. The largest absolute Gasteiger partial charge is 0.307 e. The van der Waals surface area contributed by atoms with Crippen LogP contribution >= 0.6 is 12.4 Å². The second-order valence-corrected chi connectivity index (χ2v) is 5.05. The fourth-order valence-corrected chi connectivity index (χ4v) is 1.86. The number of hydrogen-bond donors (Lipinski definition) is 1. The third kappa shape index (κ3) is 5.04. The molecule has 106 valence electrons. The molecule has 1 N–H and O–H groups in total. The molecule has 0 bridgehead atoms. The molecule has 19 heavy (non-hydrogen) atoms. The van der Waals surface area contributed by atoms with E-state index in [-0.39, 0.29) is 12.4 Å². The van der Waals surface area contributed by atoms with E-state index in [1.54, 1.807) is 0 Å². The van der Waals surface area contributed by atoms with E-state index in [9.17, 15) is 0 Å². The van der Waals surface area contributed by atoms with Gasteiger partial charge >= 0.3 is 0 Å². The zero-order valence-corrected chi connectivity index (χ0v) is 12.5. The molecular weight excluding hydrogens is 262 g/mol. The van der Waals surface area contributed by atoms with Crippen molar-refractivity contribution in [2.45, 2.75) is 33.5 Å². The Morgan fingerprint density at radius 3 is 2.74 bits per heavy atom. The van der Waals surface area contributed by atoms with Gasteiger partial charge in [-0.15, -0.1) is 12.4 Å². The standard InChI is InChI=1S/C13H21N5.ClH/c1-11(2)9-18-10-12(7-15-18)6-14-8-13-4-5-17(3)16-13;/h4-5,7,10-11,14H,6,8-9H2,1-3H3;1H. The molecule has 0 aliphatic rings. The molecule has 0 radical (unpaired) electrons. The van der Waals surface area contributed by atoms with Crippen molar-refractivity contribution in [3.63, 3.8) is 0 Å². The molecule has 0 saturated carbocycles. The third-order valence-electron chi connectivity index (χ3n) is 2.64. The lowest BCUT2D eigenvalue weighted by Crippen LogP contribution is -2.13. The number of nitrogens with one attached hydrogen (secondary N) is 1. The minimum absolute atomic E-state index is 0. The molecule has 0 aliphatic carbocycles. The second kappa shape index (κ2) is 7.31. The monoisotopic (exact) mass is 283 g/mol. The summed E-state index contributed by atoms with van der Waals surface area (Å²) >= 11 is 0. The number of hydrogen-bond acceptors (Lipinski definition) is 3. The molecule has 2 rings (SSSR count). The molecule has 0 atom stereocenters. The van der Waals surface area contributed by atoms with Crippen molar-refractivity contribution in [2.75, 3.05) is 0 Å². The van der Waals surface area contributed by atoms with Crippen LogP contribution in [-0.2, 0) is 26.7 Å². The van der Waals surface area contributed by atoms with Crippen LogP contribution in [0.4, 0.5) is 0 Å². The normalized spacial score (nSPS) is 10.7. The minimum atomic E-state index is 0.